The summed E-state index contributed by atoms with van der Waals surface area (Å²) in [5, 5.41) is -0.136. The molecule has 0 aliphatic carbocycles. The molecule has 0 atom stereocenters. The van der Waals surface area contributed by atoms with Gasteiger partial charge in [-0.2, -0.15) is 8.42 Å². The summed E-state index contributed by atoms with van der Waals surface area (Å²) in [5.74, 6) is -1.49. The standard InChI is InChI=1S/C16H13F2N3O2S/c1-10-16(20-9-19-10)24(22,23)21-15-5-3-2-4-14(15)11-6-12(17)8-13(18)7-11/h2-9,21H,1H3,(H,19,20). The Morgan fingerprint density at radius 2 is 1.75 bits per heavy atom. The zero-order chi connectivity index (χ0) is 17.3. The molecule has 3 aromatic rings. The number of imidazole rings is 1. The number of nitrogens with one attached hydrogen (secondary N) is 2. The van der Waals surface area contributed by atoms with Crippen LogP contribution in [0, 0.1) is 18.6 Å². The number of sulfonamides is 1. The molecular weight excluding hydrogens is 336 g/mol. The average Bonchev–Trinajstić information content (AvgIpc) is 2.93. The molecule has 0 spiro atoms. The number of aromatic nitrogens is 2. The number of rotatable bonds is 4. The highest BCUT2D eigenvalue weighted by atomic mass is 32.2. The van der Waals surface area contributed by atoms with Crippen LogP contribution in [-0.2, 0) is 10.0 Å². The normalized spacial score (nSPS) is 11.5. The van der Waals surface area contributed by atoms with Crippen LogP contribution in [0.3, 0.4) is 0 Å². The number of hydrogen-bond donors (Lipinski definition) is 2. The van der Waals surface area contributed by atoms with Crippen LogP contribution < -0.4 is 4.72 Å². The van der Waals surface area contributed by atoms with Gasteiger partial charge in [0.1, 0.15) is 11.6 Å². The van der Waals surface area contributed by atoms with Crippen LogP contribution in [-0.4, -0.2) is 18.4 Å². The lowest BCUT2D eigenvalue weighted by Gasteiger charge is -2.12. The highest BCUT2D eigenvalue weighted by Crippen LogP contribution is 2.30. The predicted molar refractivity (Wildman–Crippen MR) is 85.9 cm³/mol. The van der Waals surface area contributed by atoms with Crippen molar-refractivity contribution >= 4 is 15.7 Å². The number of hydrogen-bond acceptors (Lipinski definition) is 3. The van der Waals surface area contributed by atoms with Crippen LogP contribution in [0.4, 0.5) is 14.5 Å². The Kier molecular flexibility index (Phi) is 4.06. The van der Waals surface area contributed by atoms with E-state index in [-0.39, 0.29) is 16.3 Å². The number of para-hydroxylation sites is 1. The summed E-state index contributed by atoms with van der Waals surface area (Å²) < 4.78 is 54.3. The van der Waals surface area contributed by atoms with Crippen LogP contribution in [0.1, 0.15) is 5.69 Å². The molecule has 0 unspecified atom stereocenters. The number of H-pyrrole nitrogens is 1. The van der Waals surface area contributed by atoms with Gasteiger partial charge in [0.15, 0.2) is 5.03 Å². The molecular formula is C16H13F2N3O2S. The average molecular weight is 349 g/mol. The zero-order valence-corrected chi connectivity index (χ0v) is 13.4. The number of anilines is 1. The van der Waals surface area contributed by atoms with Crippen molar-refractivity contribution in [1.82, 2.24) is 9.97 Å². The summed E-state index contributed by atoms with van der Waals surface area (Å²) in [6, 6.07) is 9.38. The Balaban J connectivity index is 2.06. The number of aromatic amines is 1. The van der Waals surface area contributed by atoms with E-state index in [4.69, 9.17) is 0 Å². The molecule has 2 aromatic carbocycles. The van der Waals surface area contributed by atoms with Crippen molar-refractivity contribution < 1.29 is 17.2 Å². The maximum absolute atomic E-state index is 13.5. The van der Waals surface area contributed by atoms with Crippen molar-refractivity contribution in [2.75, 3.05) is 4.72 Å². The van der Waals surface area contributed by atoms with Crippen LogP contribution in [0.5, 0.6) is 0 Å². The van der Waals surface area contributed by atoms with E-state index in [2.05, 4.69) is 14.7 Å². The quantitative estimate of drug-likeness (QED) is 0.757. The summed E-state index contributed by atoms with van der Waals surface area (Å²) in [4.78, 5) is 6.48. The number of nitrogens with zero attached hydrogens (tertiary/aromatic N) is 1. The van der Waals surface area contributed by atoms with Gasteiger partial charge in [0, 0.05) is 11.6 Å². The van der Waals surface area contributed by atoms with Crippen LogP contribution in [0.2, 0.25) is 0 Å². The van der Waals surface area contributed by atoms with Gasteiger partial charge in [0.25, 0.3) is 10.0 Å². The third kappa shape index (κ3) is 3.13. The molecule has 8 heteroatoms. The molecule has 124 valence electrons. The minimum Gasteiger partial charge on any atom is -0.348 e. The van der Waals surface area contributed by atoms with E-state index < -0.39 is 21.7 Å². The molecule has 5 nitrogen and oxygen atoms in total. The molecule has 24 heavy (non-hydrogen) atoms. The van der Waals surface area contributed by atoms with Gasteiger partial charge in [-0.3, -0.25) is 4.72 Å². The van der Waals surface area contributed by atoms with E-state index >= 15 is 0 Å². The van der Waals surface area contributed by atoms with Crippen LogP contribution in [0.25, 0.3) is 11.1 Å². The third-order valence-electron chi connectivity index (χ3n) is 3.38. The Morgan fingerprint density at radius 3 is 2.38 bits per heavy atom. The number of halogens is 2. The smallest absolute Gasteiger partial charge is 0.281 e. The Morgan fingerprint density at radius 1 is 1.08 bits per heavy atom. The monoisotopic (exact) mass is 349 g/mol. The van der Waals surface area contributed by atoms with Gasteiger partial charge in [0.2, 0.25) is 0 Å². The first-order valence-electron chi connectivity index (χ1n) is 6.95. The third-order valence-corrected chi connectivity index (χ3v) is 4.79. The second-order valence-electron chi connectivity index (χ2n) is 5.14. The Hall–Kier alpha value is -2.74. The maximum Gasteiger partial charge on any atom is 0.281 e. The van der Waals surface area contributed by atoms with E-state index in [1.807, 2.05) is 0 Å². The molecule has 0 bridgehead atoms. The molecule has 3 rings (SSSR count). The number of aryl methyl sites for hydroxylation is 1. The van der Waals surface area contributed by atoms with Crippen molar-refractivity contribution in [2.45, 2.75) is 11.9 Å². The molecule has 1 aromatic heterocycles. The van der Waals surface area contributed by atoms with Gasteiger partial charge >= 0.3 is 0 Å². The van der Waals surface area contributed by atoms with Gasteiger partial charge in [0.05, 0.1) is 17.7 Å². The number of benzene rings is 2. The first-order chi connectivity index (χ1) is 11.4. The van der Waals surface area contributed by atoms with E-state index in [0.29, 0.717) is 11.3 Å². The first-order valence-corrected chi connectivity index (χ1v) is 8.43. The fraction of sp³-hybridized carbons (Fsp3) is 0.0625. The van der Waals surface area contributed by atoms with Gasteiger partial charge in [-0.15, -0.1) is 0 Å². The molecule has 0 aliphatic heterocycles. The lowest BCUT2D eigenvalue weighted by atomic mass is 10.0. The highest BCUT2D eigenvalue weighted by Gasteiger charge is 2.21. The van der Waals surface area contributed by atoms with Gasteiger partial charge < -0.3 is 4.98 Å². The minimum absolute atomic E-state index is 0.136. The summed E-state index contributed by atoms with van der Waals surface area (Å²) in [6.07, 6.45) is 1.28. The van der Waals surface area contributed by atoms with Crippen LogP contribution >= 0.6 is 0 Å². The molecule has 2 N–H and O–H groups in total. The predicted octanol–water partition coefficient (Wildman–Crippen LogP) is 3.46. The van der Waals surface area contributed by atoms with E-state index in [1.54, 1.807) is 25.1 Å². The molecule has 0 amide bonds. The van der Waals surface area contributed by atoms with Crippen molar-refractivity contribution in [2.24, 2.45) is 0 Å². The maximum atomic E-state index is 13.5. The van der Waals surface area contributed by atoms with E-state index in [9.17, 15) is 17.2 Å². The molecule has 0 radical (unpaired) electrons. The van der Waals surface area contributed by atoms with Crippen LogP contribution in [0.15, 0.2) is 53.8 Å². The fourth-order valence-electron chi connectivity index (χ4n) is 2.34. The molecule has 0 saturated carbocycles. The van der Waals surface area contributed by atoms with Crippen molar-refractivity contribution in [1.29, 1.82) is 0 Å². The summed E-state index contributed by atoms with van der Waals surface area (Å²) >= 11 is 0. The lowest BCUT2D eigenvalue weighted by molar-refractivity contribution is 0.584. The van der Waals surface area contributed by atoms with E-state index in [1.165, 1.54) is 12.4 Å². The van der Waals surface area contributed by atoms with Crippen molar-refractivity contribution in [3.8, 4) is 11.1 Å². The second-order valence-corrected chi connectivity index (χ2v) is 6.74. The van der Waals surface area contributed by atoms with Gasteiger partial charge in [-0.1, -0.05) is 18.2 Å². The topological polar surface area (TPSA) is 74.8 Å². The molecule has 0 aliphatic rings. The second kappa shape index (κ2) is 6.04. The summed E-state index contributed by atoms with van der Waals surface area (Å²) in [7, 11) is -3.93. The highest BCUT2D eigenvalue weighted by molar-refractivity contribution is 7.92. The Labute approximate surface area is 137 Å². The molecule has 0 fully saturated rings. The van der Waals surface area contributed by atoms with Gasteiger partial charge in [-0.25, -0.2) is 13.8 Å². The SMILES string of the molecule is Cc1[nH]cnc1S(=O)(=O)Nc1ccccc1-c1cc(F)cc(F)c1. The minimum atomic E-state index is -3.93. The van der Waals surface area contributed by atoms with Crippen molar-refractivity contribution in [3.63, 3.8) is 0 Å². The zero-order valence-electron chi connectivity index (χ0n) is 12.5. The largest absolute Gasteiger partial charge is 0.348 e. The van der Waals surface area contributed by atoms with E-state index in [0.717, 1.165) is 18.2 Å². The molecule has 1 heterocycles. The molecule has 0 saturated heterocycles. The lowest BCUT2D eigenvalue weighted by Crippen LogP contribution is -2.15. The first kappa shape index (κ1) is 16.1. The fourth-order valence-corrected chi connectivity index (χ4v) is 3.56. The summed E-state index contributed by atoms with van der Waals surface area (Å²) in [5.41, 5.74) is 1.17. The van der Waals surface area contributed by atoms with Crippen molar-refractivity contribution in [3.05, 3.63) is 66.1 Å². The van der Waals surface area contributed by atoms with Gasteiger partial charge in [-0.05, 0) is 30.7 Å². The summed E-state index contributed by atoms with van der Waals surface area (Å²) in [6.45, 7) is 1.58. The Bertz CT molecular complexity index is 980.